The molecule has 3 N–H and O–H groups in total. The van der Waals surface area contributed by atoms with E-state index in [1.165, 1.54) is 6.07 Å². The molecule has 2 fully saturated rings. The first-order chi connectivity index (χ1) is 16.2. The number of alkyl halides is 3. The number of nitrogens with two attached hydrogens (primary N) is 1. The second-order valence-corrected chi connectivity index (χ2v) is 8.57. The molecule has 10 heteroatoms. The maximum atomic E-state index is 13.3. The fourth-order valence-corrected chi connectivity index (χ4v) is 4.03. The first kappa shape index (κ1) is 24.0. The molecule has 2 aliphatic rings. The van der Waals surface area contributed by atoms with Gasteiger partial charge in [0.15, 0.2) is 0 Å². The average molecular weight is 476 g/mol. The Morgan fingerprint density at radius 2 is 1.76 bits per heavy atom. The van der Waals surface area contributed by atoms with E-state index in [1.807, 2.05) is 9.80 Å². The van der Waals surface area contributed by atoms with Crippen molar-refractivity contribution in [3.05, 3.63) is 59.2 Å². The predicted octanol–water partition coefficient (Wildman–Crippen LogP) is 3.24. The van der Waals surface area contributed by atoms with Gasteiger partial charge in [0.1, 0.15) is 0 Å². The van der Waals surface area contributed by atoms with E-state index in [0.29, 0.717) is 44.1 Å². The van der Waals surface area contributed by atoms with Crippen LogP contribution in [0, 0.1) is 0 Å². The third kappa shape index (κ3) is 6.06. The molecule has 182 valence electrons. The maximum Gasteiger partial charge on any atom is 0.416 e. The quantitative estimate of drug-likeness (QED) is 0.611. The van der Waals surface area contributed by atoms with Crippen molar-refractivity contribution in [3.63, 3.8) is 0 Å². The highest BCUT2D eigenvalue weighted by Crippen LogP contribution is 2.36. The molecule has 1 aliphatic heterocycles. The van der Waals surface area contributed by atoms with Crippen molar-refractivity contribution in [3.8, 4) is 0 Å². The van der Waals surface area contributed by atoms with Crippen molar-refractivity contribution < 1.29 is 27.5 Å². The molecule has 0 unspecified atom stereocenters. The Balaban J connectivity index is 1.49. The van der Waals surface area contributed by atoms with Crippen LogP contribution in [0.1, 0.15) is 34.3 Å². The van der Waals surface area contributed by atoms with Gasteiger partial charge < -0.3 is 20.7 Å². The lowest BCUT2D eigenvalue weighted by molar-refractivity contribution is -0.137. The van der Waals surface area contributed by atoms with Gasteiger partial charge in [0.25, 0.3) is 0 Å². The number of hydrogen-bond donors (Lipinski definition) is 2. The molecule has 0 radical (unpaired) electrons. The van der Waals surface area contributed by atoms with Crippen LogP contribution in [0.5, 0.6) is 0 Å². The van der Waals surface area contributed by atoms with Crippen LogP contribution in [-0.2, 0) is 22.3 Å². The molecular weight excluding hydrogens is 449 g/mol. The van der Waals surface area contributed by atoms with Gasteiger partial charge in [-0.1, -0.05) is 12.1 Å². The van der Waals surface area contributed by atoms with Gasteiger partial charge in [-0.25, -0.2) is 0 Å². The van der Waals surface area contributed by atoms with Crippen molar-refractivity contribution in [2.24, 2.45) is 5.73 Å². The minimum atomic E-state index is -4.51. The number of hydrogen-bond acceptors (Lipinski definition) is 5. The zero-order chi connectivity index (χ0) is 24.3. The summed E-state index contributed by atoms with van der Waals surface area (Å²) in [5.41, 5.74) is 6.48. The fourth-order valence-electron chi connectivity index (χ4n) is 4.03. The van der Waals surface area contributed by atoms with Gasteiger partial charge in [-0.05, 0) is 48.7 Å². The Kier molecular flexibility index (Phi) is 7.08. The second-order valence-electron chi connectivity index (χ2n) is 8.57. The molecule has 2 aromatic rings. The molecule has 0 aromatic heterocycles. The number of anilines is 2. The van der Waals surface area contributed by atoms with E-state index in [0.717, 1.165) is 30.5 Å². The summed E-state index contributed by atoms with van der Waals surface area (Å²) in [6, 6.07) is 10.5. The van der Waals surface area contributed by atoms with Crippen LogP contribution in [0.4, 0.5) is 24.5 Å². The average Bonchev–Trinajstić information content (AvgIpc) is 3.64. The van der Waals surface area contributed by atoms with Crippen molar-refractivity contribution in [1.29, 1.82) is 0 Å². The highest BCUT2D eigenvalue weighted by molar-refractivity contribution is 5.96. The van der Waals surface area contributed by atoms with Gasteiger partial charge in [-0.2, -0.15) is 13.2 Å². The van der Waals surface area contributed by atoms with E-state index in [-0.39, 0.29) is 24.2 Å². The summed E-state index contributed by atoms with van der Waals surface area (Å²) in [5, 5.41) is 2.72. The third-order valence-electron chi connectivity index (χ3n) is 5.98. The largest absolute Gasteiger partial charge is 0.416 e. The fraction of sp³-hybridized carbons (Fsp3) is 0.417. The summed E-state index contributed by atoms with van der Waals surface area (Å²) in [4.78, 5) is 28.1. The number of benzene rings is 2. The first-order valence-corrected chi connectivity index (χ1v) is 11.2. The highest BCUT2D eigenvalue weighted by Gasteiger charge is 2.33. The molecule has 34 heavy (non-hydrogen) atoms. The maximum absolute atomic E-state index is 13.3. The number of nitrogens with zero attached hydrogens (tertiary/aromatic N) is 2. The monoisotopic (exact) mass is 476 g/mol. The number of halogens is 3. The summed E-state index contributed by atoms with van der Waals surface area (Å²) in [6.45, 7) is 2.53. The van der Waals surface area contributed by atoms with Crippen molar-refractivity contribution in [2.45, 2.75) is 31.6 Å². The molecule has 2 aromatic carbocycles. The molecule has 1 aliphatic carbocycles. The number of carbonyl (C=O) groups excluding carboxylic acids is 2. The minimum Gasteiger partial charge on any atom is -0.378 e. The van der Waals surface area contributed by atoms with Crippen molar-refractivity contribution in [2.75, 3.05) is 43.1 Å². The van der Waals surface area contributed by atoms with Crippen LogP contribution in [0.2, 0.25) is 0 Å². The zero-order valence-corrected chi connectivity index (χ0v) is 18.6. The Labute approximate surface area is 195 Å². The third-order valence-corrected chi connectivity index (χ3v) is 5.98. The lowest BCUT2D eigenvalue weighted by atomic mass is 10.1. The minimum absolute atomic E-state index is 0.0427. The van der Waals surface area contributed by atoms with E-state index in [9.17, 15) is 22.8 Å². The number of ether oxygens (including phenoxy) is 1. The number of primary amides is 1. The highest BCUT2D eigenvalue weighted by atomic mass is 19.4. The molecule has 1 saturated heterocycles. The first-order valence-electron chi connectivity index (χ1n) is 11.2. The number of rotatable bonds is 8. The Morgan fingerprint density at radius 1 is 1.09 bits per heavy atom. The second kappa shape index (κ2) is 10.0. The van der Waals surface area contributed by atoms with Crippen LogP contribution < -0.4 is 16.0 Å². The van der Waals surface area contributed by atoms with E-state index in [4.69, 9.17) is 10.5 Å². The molecule has 1 heterocycles. The predicted molar refractivity (Wildman–Crippen MR) is 121 cm³/mol. The van der Waals surface area contributed by atoms with Crippen LogP contribution >= 0.6 is 0 Å². The standard InChI is InChI=1S/C24H27F3N4O3/c25-24(26,27)18-5-8-21(30-9-11-34-12-10-30)20(13-18)29-22(32)15-31(19-6-7-19)14-16-1-3-17(4-2-16)23(28)33/h1-5,8,13,19H,6-7,9-12,14-15H2,(H2,28,33)(H,29,32). The summed E-state index contributed by atoms with van der Waals surface area (Å²) < 4.78 is 45.4. The van der Waals surface area contributed by atoms with Crippen LogP contribution in [0.25, 0.3) is 0 Å². The lowest BCUT2D eigenvalue weighted by Gasteiger charge is -2.31. The summed E-state index contributed by atoms with van der Waals surface area (Å²) in [5.74, 6) is -0.892. The number of nitrogens with one attached hydrogen (secondary N) is 1. The van der Waals surface area contributed by atoms with Crippen LogP contribution in [0.3, 0.4) is 0 Å². The summed E-state index contributed by atoms with van der Waals surface area (Å²) in [6.07, 6.45) is -2.61. The molecular formula is C24H27F3N4O3. The molecule has 2 amide bonds. The van der Waals surface area contributed by atoms with Gasteiger partial charge in [-0.15, -0.1) is 0 Å². The van der Waals surface area contributed by atoms with Gasteiger partial charge in [0, 0.05) is 31.2 Å². The van der Waals surface area contributed by atoms with Gasteiger partial charge in [-0.3, -0.25) is 14.5 Å². The lowest BCUT2D eigenvalue weighted by Crippen LogP contribution is -2.38. The molecule has 1 saturated carbocycles. The smallest absolute Gasteiger partial charge is 0.378 e. The summed E-state index contributed by atoms with van der Waals surface area (Å²) >= 11 is 0. The number of amides is 2. The van der Waals surface area contributed by atoms with Gasteiger partial charge in [0.05, 0.1) is 36.7 Å². The molecule has 7 nitrogen and oxygen atoms in total. The van der Waals surface area contributed by atoms with Gasteiger partial charge in [0.2, 0.25) is 11.8 Å². The number of carbonyl (C=O) groups is 2. The SMILES string of the molecule is NC(=O)c1ccc(CN(CC(=O)Nc2cc(C(F)(F)F)ccc2N2CCOCC2)C2CC2)cc1. The Bertz CT molecular complexity index is 1030. The van der Waals surface area contributed by atoms with E-state index in [2.05, 4.69) is 5.32 Å². The van der Waals surface area contributed by atoms with E-state index < -0.39 is 17.6 Å². The van der Waals surface area contributed by atoms with Crippen LogP contribution in [0.15, 0.2) is 42.5 Å². The Hall–Kier alpha value is -3.11. The van der Waals surface area contributed by atoms with Gasteiger partial charge >= 0.3 is 6.18 Å². The van der Waals surface area contributed by atoms with E-state index >= 15 is 0 Å². The Morgan fingerprint density at radius 3 is 2.35 bits per heavy atom. The summed E-state index contributed by atoms with van der Waals surface area (Å²) in [7, 11) is 0. The molecule has 0 spiro atoms. The number of morpholine rings is 1. The van der Waals surface area contributed by atoms with E-state index in [1.54, 1.807) is 24.3 Å². The molecule has 0 atom stereocenters. The zero-order valence-electron chi connectivity index (χ0n) is 18.6. The van der Waals surface area contributed by atoms with Crippen molar-refractivity contribution in [1.82, 2.24) is 4.90 Å². The normalized spacial score (nSPS) is 16.5. The van der Waals surface area contributed by atoms with Crippen LogP contribution in [-0.4, -0.2) is 55.6 Å². The molecule has 4 rings (SSSR count). The van der Waals surface area contributed by atoms with Crippen molar-refractivity contribution >= 4 is 23.2 Å². The topological polar surface area (TPSA) is 87.9 Å². The molecule has 0 bridgehead atoms.